The fourth-order valence-electron chi connectivity index (χ4n) is 3.12. The standard InChI is InChI=1S/C23H23N3O2/c1-16(17-9-11-20(12-10-17)25-22(27)18-7-8-18)24-23(28)19-5-4-6-21(15-19)26-13-2-3-14-26/h2-6,9-16,18H,7-8H2,1H3,(H,24,28)(H,25,27). The van der Waals surface area contributed by atoms with E-state index in [1.165, 1.54) is 0 Å². The number of benzene rings is 2. The molecule has 0 saturated heterocycles. The van der Waals surface area contributed by atoms with Crippen LogP contribution in [0.5, 0.6) is 0 Å². The predicted octanol–water partition coefficient (Wildman–Crippen LogP) is 4.32. The Kier molecular flexibility index (Phi) is 4.98. The second-order valence-corrected chi connectivity index (χ2v) is 7.22. The van der Waals surface area contributed by atoms with Crippen LogP contribution in [-0.4, -0.2) is 16.4 Å². The van der Waals surface area contributed by atoms with Gasteiger partial charge in [0.25, 0.3) is 5.91 Å². The molecule has 0 aliphatic heterocycles. The van der Waals surface area contributed by atoms with Crippen molar-refractivity contribution in [2.24, 2.45) is 5.92 Å². The summed E-state index contributed by atoms with van der Waals surface area (Å²) in [5.41, 5.74) is 3.34. The third-order valence-electron chi connectivity index (χ3n) is 4.98. The number of nitrogens with zero attached hydrogens (tertiary/aromatic N) is 1. The first kappa shape index (κ1) is 18.0. The number of rotatable bonds is 6. The van der Waals surface area contributed by atoms with E-state index in [9.17, 15) is 9.59 Å². The van der Waals surface area contributed by atoms with Gasteiger partial charge < -0.3 is 15.2 Å². The molecule has 1 aromatic heterocycles. The quantitative estimate of drug-likeness (QED) is 0.676. The summed E-state index contributed by atoms with van der Waals surface area (Å²) < 4.78 is 1.97. The Labute approximate surface area is 164 Å². The average molecular weight is 373 g/mol. The summed E-state index contributed by atoms with van der Waals surface area (Å²) in [5.74, 6) is 0.157. The van der Waals surface area contributed by atoms with Gasteiger partial charge >= 0.3 is 0 Å². The molecule has 2 amide bonds. The third kappa shape index (κ3) is 4.14. The topological polar surface area (TPSA) is 63.1 Å². The lowest BCUT2D eigenvalue weighted by atomic mass is 10.1. The van der Waals surface area contributed by atoms with Crippen LogP contribution in [0.2, 0.25) is 0 Å². The summed E-state index contributed by atoms with van der Waals surface area (Å²) in [4.78, 5) is 24.5. The largest absolute Gasteiger partial charge is 0.346 e. The summed E-state index contributed by atoms with van der Waals surface area (Å²) in [6, 6.07) is 18.9. The predicted molar refractivity (Wildman–Crippen MR) is 109 cm³/mol. The number of hydrogen-bond acceptors (Lipinski definition) is 2. The Morgan fingerprint density at radius 1 is 1.00 bits per heavy atom. The molecule has 1 aliphatic carbocycles. The van der Waals surface area contributed by atoms with Gasteiger partial charge in [-0.05, 0) is 67.8 Å². The zero-order valence-corrected chi connectivity index (χ0v) is 15.8. The van der Waals surface area contributed by atoms with Crippen molar-refractivity contribution >= 4 is 17.5 Å². The van der Waals surface area contributed by atoms with Gasteiger partial charge in [0.1, 0.15) is 0 Å². The van der Waals surface area contributed by atoms with E-state index in [0.717, 1.165) is 29.8 Å². The first-order chi connectivity index (χ1) is 13.6. The normalized spacial score (nSPS) is 14.3. The molecule has 1 unspecified atom stereocenters. The molecule has 1 fully saturated rings. The lowest BCUT2D eigenvalue weighted by Crippen LogP contribution is -2.26. The van der Waals surface area contributed by atoms with Crippen molar-refractivity contribution in [3.8, 4) is 5.69 Å². The SMILES string of the molecule is CC(NC(=O)c1cccc(-n2cccc2)c1)c1ccc(NC(=O)C2CC2)cc1. The van der Waals surface area contributed by atoms with E-state index in [0.29, 0.717) is 5.56 Å². The number of anilines is 1. The lowest BCUT2D eigenvalue weighted by molar-refractivity contribution is -0.117. The van der Waals surface area contributed by atoms with Crippen LogP contribution in [0.4, 0.5) is 5.69 Å². The molecule has 1 saturated carbocycles. The summed E-state index contributed by atoms with van der Waals surface area (Å²) in [6.07, 6.45) is 5.86. The van der Waals surface area contributed by atoms with Crippen LogP contribution < -0.4 is 10.6 Å². The fraction of sp³-hybridized carbons (Fsp3) is 0.217. The second kappa shape index (κ2) is 7.72. The minimum absolute atomic E-state index is 0.0941. The number of hydrogen-bond donors (Lipinski definition) is 2. The van der Waals surface area contributed by atoms with E-state index in [-0.39, 0.29) is 23.8 Å². The van der Waals surface area contributed by atoms with Crippen molar-refractivity contribution in [2.45, 2.75) is 25.8 Å². The first-order valence-corrected chi connectivity index (χ1v) is 9.55. The molecule has 0 radical (unpaired) electrons. The third-order valence-corrected chi connectivity index (χ3v) is 4.98. The molecule has 4 rings (SSSR count). The molecule has 28 heavy (non-hydrogen) atoms. The van der Waals surface area contributed by atoms with Crippen molar-refractivity contribution in [2.75, 3.05) is 5.32 Å². The first-order valence-electron chi connectivity index (χ1n) is 9.55. The number of carbonyl (C=O) groups excluding carboxylic acids is 2. The van der Waals surface area contributed by atoms with E-state index in [2.05, 4.69) is 10.6 Å². The summed E-state index contributed by atoms with van der Waals surface area (Å²) in [7, 11) is 0. The van der Waals surface area contributed by atoms with Crippen molar-refractivity contribution < 1.29 is 9.59 Å². The Hall–Kier alpha value is -3.34. The molecular weight excluding hydrogens is 350 g/mol. The van der Waals surface area contributed by atoms with Crippen LogP contribution in [0, 0.1) is 5.92 Å². The highest BCUT2D eigenvalue weighted by atomic mass is 16.2. The Morgan fingerprint density at radius 2 is 1.71 bits per heavy atom. The summed E-state index contributed by atoms with van der Waals surface area (Å²) >= 11 is 0. The van der Waals surface area contributed by atoms with E-state index < -0.39 is 0 Å². The van der Waals surface area contributed by atoms with Gasteiger partial charge in [-0.1, -0.05) is 18.2 Å². The maximum absolute atomic E-state index is 12.7. The Bertz CT molecular complexity index is 973. The zero-order valence-electron chi connectivity index (χ0n) is 15.8. The van der Waals surface area contributed by atoms with Gasteiger partial charge in [-0.25, -0.2) is 0 Å². The number of aromatic nitrogens is 1. The smallest absolute Gasteiger partial charge is 0.251 e. The molecule has 1 aliphatic rings. The molecule has 0 spiro atoms. The molecule has 2 N–H and O–H groups in total. The fourth-order valence-corrected chi connectivity index (χ4v) is 3.12. The summed E-state index contributed by atoms with van der Waals surface area (Å²) in [6.45, 7) is 1.95. The molecule has 142 valence electrons. The van der Waals surface area contributed by atoms with Crippen LogP contribution in [-0.2, 0) is 4.79 Å². The maximum atomic E-state index is 12.7. The van der Waals surface area contributed by atoms with Crippen LogP contribution in [0.3, 0.4) is 0 Å². The van der Waals surface area contributed by atoms with Gasteiger partial charge in [0, 0.05) is 35.2 Å². The van der Waals surface area contributed by atoms with Gasteiger partial charge in [-0.15, -0.1) is 0 Å². The molecular formula is C23H23N3O2. The average Bonchev–Trinajstić information content (AvgIpc) is 3.43. The van der Waals surface area contributed by atoms with Gasteiger partial charge in [-0.2, -0.15) is 0 Å². The molecule has 0 bridgehead atoms. The van der Waals surface area contributed by atoms with Crippen molar-refractivity contribution in [3.05, 3.63) is 84.2 Å². The molecule has 1 heterocycles. The van der Waals surface area contributed by atoms with E-state index in [1.807, 2.05) is 84.5 Å². The zero-order chi connectivity index (χ0) is 19.5. The van der Waals surface area contributed by atoms with Gasteiger partial charge in [-0.3, -0.25) is 9.59 Å². The van der Waals surface area contributed by atoms with E-state index >= 15 is 0 Å². The second-order valence-electron chi connectivity index (χ2n) is 7.22. The minimum Gasteiger partial charge on any atom is -0.346 e. The monoisotopic (exact) mass is 373 g/mol. The van der Waals surface area contributed by atoms with E-state index in [4.69, 9.17) is 0 Å². The van der Waals surface area contributed by atoms with Crippen molar-refractivity contribution in [1.82, 2.24) is 9.88 Å². The lowest BCUT2D eigenvalue weighted by Gasteiger charge is -2.16. The maximum Gasteiger partial charge on any atom is 0.251 e. The highest BCUT2D eigenvalue weighted by Gasteiger charge is 2.29. The summed E-state index contributed by atoms with van der Waals surface area (Å²) in [5, 5.41) is 5.97. The molecule has 5 nitrogen and oxygen atoms in total. The van der Waals surface area contributed by atoms with Crippen LogP contribution >= 0.6 is 0 Å². The Balaban J connectivity index is 1.40. The Morgan fingerprint density at radius 3 is 2.39 bits per heavy atom. The van der Waals surface area contributed by atoms with Gasteiger partial charge in [0.05, 0.1) is 6.04 Å². The van der Waals surface area contributed by atoms with Gasteiger partial charge in [0.15, 0.2) is 0 Å². The van der Waals surface area contributed by atoms with Crippen molar-refractivity contribution in [1.29, 1.82) is 0 Å². The highest BCUT2D eigenvalue weighted by molar-refractivity contribution is 5.95. The van der Waals surface area contributed by atoms with Gasteiger partial charge in [0.2, 0.25) is 5.91 Å². The van der Waals surface area contributed by atoms with Crippen molar-refractivity contribution in [3.63, 3.8) is 0 Å². The highest BCUT2D eigenvalue weighted by Crippen LogP contribution is 2.30. The van der Waals surface area contributed by atoms with Crippen LogP contribution in [0.1, 0.15) is 41.7 Å². The molecule has 3 aromatic rings. The van der Waals surface area contributed by atoms with Crippen LogP contribution in [0.25, 0.3) is 5.69 Å². The number of carbonyl (C=O) groups is 2. The van der Waals surface area contributed by atoms with Crippen LogP contribution in [0.15, 0.2) is 73.1 Å². The van der Waals surface area contributed by atoms with E-state index in [1.54, 1.807) is 0 Å². The number of nitrogens with one attached hydrogen (secondary N) is 2. The number of amides is 2. The minimum atomic E-state index is -0.143. The molecule has 5 heteroatoms. The molecule has 2 aromatic carbocycles. The molecule has 1 atom stereocenters.